The highest BCUT2D eigenvalue weighted by Crippen LogP contribution is 2.38. The summed E-state index contributed by atoms with van der Waals surface area (Å²) in [6.07, 6.45) is 3.78. The van der Waals surface area contributed by atoms with Crippen LogP contribution in [0.1, 0.15) is 59.3 Å². The van der Waals surface area contributed by atoms with Crippen molar-refractivity contribution in [2.75, 3.05) is 5.32 Å². The van der Waals surface area contributed by atoms with Gasteiger partial charge < -0.3 is 11.1 Å². The molecule has 1 aliphatic rings. The van der Waals surface area contributed by atoms with Gasteiger partial charge in [-0.1, -0.05) is 26.0 Å². The minimum Gasteiger partial charge on any atom is -0.364 e. The minimum absolute atomic E-state index is 0.163. The summed E-state index contributed by atoms with van der Waals surface area (Å²) in [7, 11) is 0. The van der Waals surface area contributed by atoms with Crippen molar-refractivity contribution in [1.29, 1.82) is 0 Å². The maximum absolute atomic E-state index is 12.1. The minimum atomic E-state index is -0.610. The predicted octanol–water partition coefficient (Wildman–Crippen LogP) is 2.29. The Morgan fingerprint density at radius 2 is 2.04 bits per heavy atom. The lowest BCUT2D eigenvalue weighted by Crippen LogP contribution is -2.25. The first-order valence-corrected chi connectivity index (χ1v) is 8.77. The second kappa shape index (κ2) is 6.39. The topological polar surface area (TPSA) is 119 Å². The van der Waals surface area contributed by atoms with Crippen molar-refractivity contribution in [3.05, 3.63) is 59.0 Å². The average Bonchev–Trinajstić information content (AvgIpc) is 3.28. The van der Waals surface area contributed by atoms with E-state index in [1.165, 1.54) is 5.56 Å². The third-order valence-corrected chi connectivity index (χ3v) is 4.88. The molecule has 1 aromatic carbocycles. The van der Waals surface area contributed by atoms with Crippen LogP contribution < -0.4 is 11.1 Å². The Morgan fingerprint density at radius 1 is 1.30 bits per heavy atom. The van der Waals surface area contributed by atoms with E-state index < -0.39 is 5.91 Å². The van der Waals surface area contributed by atoms with Crippen LogP contribution in [0.25, 0.3) is 5.69 Å². The molecule has 0 radical (unpaired) electrons. The Hall–Kier alpha value is -3.42. The van der Waals surface area contributed by atoms with Crippen molar-refractivity contribution in [3.63, 3.8) is 0 Å². The molecule has 0 saturated heterocycles. The number of carbonyl (C=O) groups excluding carboxylic acids is 2. The number of amides is 2. The molecular weight excluding hydrogens is 344 g/mol. The summed E-state index contributed by atoms with van der Waals surface area (Å²) >= 11 is 0. The van der Waals surface area contributed by atoms with Crippen LogP contribution in [-0.2, 0) is 4.79 Å². The molecule has 0 fully saturated rings. The van der Waals surface area contributed by atoms with Crippen molar-refractivity contribution in [3.8, 4) is 5.69 Å². The summed E-state index contributed by atoms with van der Waals surface area (Å²) in [6, 6.07) is 8.18. The molecule has 1 unspecified atom stereocenters. The summed E-state index contributed by atoms with van der Waals surface area (Å²) in [5.74, 6) is -0.303. The van der Waals surface area contributed by atoms with E-state index in [0.29, 0.717) is 17.3 Å². The molecule has 138 valence electrons. The Kier molecular flexibility index (Phi) is 4.02. The Morgan fingerprint density at radius 3 is 2.70 bits per heavy atom. The molecule has 4 rings (SSSR count). The molecule has 0 spiro atoms. The number of hydrogen-bond donors (Lipinski definition) is 3. The van der Waals surface area contributed by atoms with Crippen LogP contribution >= 0.6 is 0 Å². The van der Waals surface area contributed by atoms with Gasteiger partial charge in [-0.05, 0) is 29.2 Å². The Bertz CT molecular complexity index is 1020. The molecule has 1 aliphatic heterocycles. The number of aromatic amines is 1. The van der Waals surface area contributed by atoms with Crippen LogP contribution in [0.3, 0.4) is 0 Å². The molecule has 2 aromatic heterocycles. The van der Waals surface area contributed by atoms with Gasteiger partial charge >= 0.3 is 0 Å². The Labute approximate surface area is 155 Å². The first kappa shape index (κ1) is 17.0. The van der Waals surface area contributed by atoms with Crippen LogP contribution in [0, 0.1) is 0 Å². The van der Waals surface area contributed by atoms with Gasteiger partial charge in [0.2, 0.25) is 5.91 Å². The number of nitrogens with zero attached hydrogens (tertiary/aromatic N) is 3. The molecule has 1 atom stereocenters. The molecule has 0 aliphatic carbocycles. The van der Waals surface area contributed by atoms with Crippen molar-refractivity contribution < 1.29 is 9.59 Å². The molecule has 3 aromatic rings. The summed E-state index contributed by atoms with van der Waals surface area (Å²) in [5, 5.41) is 13.7. The lowest BCUT2D eigenvalue weighted by Gasteiger charge is -2.21. The standard InChI is InChI=1S/C19H20N6O2/c1-10(2)11-3-5-13(6-4-11)25-9-12(8-21-25)14-7-15(26)22-19-16(14)17(18(20)27)23-24-19/h3-6,8-10,14H,7H2,1-2H3,(H2,20,27)(H2,22,23,24,26). The molecule has 8 heteroatoms. The van der Waals surface area contributed by atoms with Crippen LogP contribution in [0.5, 0.6) is 0 Å². The molecule has 4 N–H and O–H groups in total. The highest BCUT2D eigenvalue weighted by Gasteiger charge is 2.33. The molecule has 3 heterocycles. The third-order valence-electron chi connectivity index (χ3n) is 4.88. The molecule has 0 bridgehead atoms. The summed E-state index contributed by atoms with van der Waals surface area (Å²) in [6.45, 7) is 4.29. The number of benzene rings is 1. The number of nitrogens with two attached hydrogens (primary N) is 1. The van der Waals surface area contributed by atoms with Crippen molar-refractivity contribution in [2.24, 2.45) is 5.73 Å². The van der Waals surface area contributed by atoms with E-state index in [4.69, 9.17) is 5.73 Å². The van der Waals surface area contributed by atoms with Crippen LogP contribution in [0.2, 0.25) is 0 Å². The zero-order valence-corrected chi connectivity index (χ0v) is 15.1. The van der Waals surface area contributed by atoms with Gasteiger partial charge in [0.1, 0.15) is 5.69 Å². The number of anilines is 1. The lowest BCUT2D eigenvalue weighted by molar-refractivity contribution is -0.116. The molecule has 27 heavy (non-hydrogen) atoms. The molecule has 8 nitrogen and oxygen atoms in total. The monoisotopic (exact) mass is 364 g/mol. The highest BCUT2D eigenvalue weighted by molar-refractivity contribution is 6.00. The van der Waals surface area contributed by atoms with E-state index in [0.717, 1.165) is 11.3 Å². The van der Waals surface area contributed by atoms with Gasteiger partial charge in [-0.15, -0.1) is 0 Å². The zero-order chi connectivity index (χ0) is 19.1. The number of fused-ring (bicyclic) bond motifs is 1. The number of rotatable bonds is 4. The van der Waals surface area contributed by atoms with E-state index in [1.807, 2.05) is 18.3 Å². The number of primary amides is 1. The predicted molar refractivity (Wildman–Crippen MR) is 99.8 cm³/mol. The zero-order valence-electron chi connectivity index (χ0n) is 15.1. The SMILES string of the molecule is CC(C)c1ccc(-n2cc(C3CC(=O)Nc4n[nH]c(C(N)=O)c43)cn2)cc1. The van der Waals surface area contributed by atoms with Gasteiger partial charge in [0.15, 0.2) is 5.82 Å². The summed E-state index contributed by atoms with van der Waals surface area (Å²) in [4.78, 5) is 23.8. The first-order valence-electron chi connectivity index (χ1n) is 8.77. The van der Waals surface area contributed by atoms with E-state index in [-0.39, 0.29) is 23.9 Å². The number of aromatic nitrogens is 4. The summed E-state index contributed by atoms with van der Waals surface area (Å²) in [5.41, 5.74) is 9.27. The number of hydrogen-bond acceptors (Lipinski definition) is 4. The van der Waals surface area contributed by atoms with Gasteiger partial charge in [-0.25, -0.2) is 4.68 Å². The lowest BCUT2D eigenvalue weighted by atomic mass is 9.87. The van der Waals surface area contributed by atoms with Crippen LogP contribution in [0.4, 0.5) is 5.82 Å². The van der Waals surface area contributed by atoms with E-state index in [2.05, 4.69) is 46.6 Å². The van der Waals surface area contributed by atoms with Gasteiger partial charge in [-0.3, -0.25) is 14.7 Å². The van der Waals surface area contributed by atoms with Crippen LogP contribution in [0.15, 0.2) is 36.7 Å². The quantitative estimate of drug-likeness (QED) is 0.658. The Balaban J connectivity index is 1.71. The smallest absolute Gasteiger partial charge is 0.267 e. The van der Waals surface area contributed by atoms with Crippen molar-refractivity contribution in [2.45, 2.75) is 32.1 Å². The second-order valence-electron chi connectivity index (χ2n) is 6.99. The average molecular weight is 364 g/mol. The van der Waals surface area contributed by atoms with Crippen molar-refractivity contribution >= 4 is 17.6 Å². The fourth-order valence-electron chi connectivity index (χ4n) is 3.40. The molecule has 0 saturated carbocycles. The maximum atomic E-state index is 12.1. The summed E-state index contributed by atoms with van der Waals surface area (Å²) < 4.78 is 1.76. The van der Waals surface area contributed by atoms with Gasteiger partial charge in [0.05, 0.1) is 11.9 Å². The third kappa shape index (κ3) is 2.99. The normalized spacial score (nSPS) is 16.3. The number of carbonyl (C=O) groups is 2. The number of H-pyrrole nitrogens is 1. The first-order chi connectivity index (χ1) is 12.9. The fraction of sp³-hybridized carbons (Fsp3) is 0.263. The second-order valence-corrected chi connectivity index (χ2v) is 6.99. The molecule has 2 amide bonds. The van der Waals surface area contributed by atoms with Gasteiger partial charge in [0.25, 0.3) is 5.91 Å². The largest absolute Gasteiger partial charge is 0.364 e. The van der Waals surface area contributed by atoms with Gasteiger partial charge in [0, 0.05) is 24.1 Å². The van der Waals surface area contributed by atoms with E-state index in [1.54, 1.807) is 10.9 Å². The van der Waals surface area contributed by atoms with Crippen LogP contribution in [-0.4, -0.2) is 31.8 Å². The fourth-order valence-corrected chi connectivity index (χ4v) is 3.40. The number of nitrogens with one attached hydrogen (secondary N) is 2. The van der Waals surface area contributed by atoms with E-state index >= 15 is 0 Å². The maximum Gasteiger partial charge on any atom is 0.267 e. The van der Waals surface area contributed by atoms with Crippen molar-refractivity contribution in [1.82, 2.24) is 20.0 Å². The molecular formula is C19H20N6O2. The van der Waals surface area contributed by atoms with Gasteiger partial charge in [-0.2, -0.15) is 10.2 Å². The highest BCUT2D eigenvalue weighted by atomic mass is 16.2. The van der Waals surface area contributed by atoms with E-state index in [9.17, 15) is 9.59 Å².